The molecule has 6 nitrogen and oxygen atoms in total. The zero-order chi connectivity index (χ0) is 21.6. The third-order valence-corrected chi connectivity index (χ3v) is 5.29. The van der Waals surface area contributed by atoms with Crippen molar-refractivity contribution in [3.05, 3.63) is 78.6 Å². The van der Waals surface area contributed by atoms with Crippen LogP contribution < -0.4 is 14.8 Å². The number of hydrogen-bond donors (Lipinski definition) is 1. The highest BCUT2D eigenvalue weighted by Gasteiger charge is 2.13. The van der Waals surface area contributed by atoms with Crippen LogP contribution in [0, 0.1) is 0 Å². The molecular weight excluding hydrogens is 410 g/mol. The van der Waals surface area contributed by atoms with E-state index in [0.29, 0.717) is 22.9 Å². The number of anilines is 1. The number of benzene rings is 3. The van der Waals surface area contributed by atoms with E-state index in [1.54, 1.807) is 18.9 Å². The molecule has 0 fully saturated rings. The van der Waals surface area contributed by atoms with Crippen LogP contribution in [0.2, 0.25) is 0 Å². The van der Waals surface area contributed by atoms with Gasteiger partial charge in [-0.1, -0.05) is 24.3 Å². The quantitative estimate of drug-likeness (QED) is 0.406. The summed E-state index contributed by atoms with van der Waals surface area (Å²) in [6.45, 7) is 0.204. The van der Waals surface area contributed by atoms with Gasteiger partial charge in [-0.15, -0.1) is 0 Å². The van der Waals surface area contributed by atoms with Crippen LogP contribution in [0.1, 0.15) is 5.82 Å². The van der Waals surface area contributed by atoms with Crippen molar-refractivity contribution in [3.63, 3.8) is 0 Å². The van der Waals surface area contributed by atoms with Crippen LogP contribution in [0.25, 0.3) is 11.0 Å². The van der Waals surface area contributed by atoms with E-state index in [2.05, 4.69) is 10.3 Å². The molecule has 3 aromatic carbocycles. The maximum absolute atomic E-state index is 12.7. The molecule has 1 N–H and O–H groups in total. The molecule has 7 heteroatoms. The Labute approximate surface area is 185 Å². The minimum Gasteiger partial charge on any atom is -0.493 e. The number of nitrogens with zero attached hydrogens (tertiary/aromatic N) is 2. The van der Waals surface area contributed by atoms with Crippen molar-refractivity contribution in [2.75, 3.05) is 18.7 Å². The van der Waals surface area contributed by atoms with Crippen LogP contribution >= 0.6 is 11.8 Å². The molecule has 0 aliphatic heterocycles. The molecule has 31 heavy (non-hydrogen) atoms. The third-order valence-electron chi connectivity index (χ3n) is 4.74. The number of carbonyl (C=O) groups excluding carboxylic acids is 1. The van der Waals surface area contributed by atoms with E-state index >= 15 is 0 Å². The molecule has 1 heterocycles. The van der Waals surface area contributed by atoms with E-state index in [-0.39, 0.29) is 12.5 Å². The second-order valence-electron chi connectivity index (χ2n) is 6.86. The number of amides is 1. The highest BCUT2D eigenvalue weighted by Crippen LogP contribution is 2.31. The van der Waals surface area contributed by atoms with E-state index in [1.807, 2.05) is 83.6 Å². The molecular formula is C24H23N3O3S. The smallest absolute Gasteiger partial charge is 0.244 e. The van der Waals surface area contributed by atoms with Crippen LogP contribution in [-0.4, -0.2) is 28.8 Å². The summed E-state index contributed by atoms with van der Waals surface area (Å²) in [4.78, 5) is 17.4. The van der Waals surface area contributed by atoms with Gasteiger partial charge in [0.25, 0.3) is 0 Å². The monoisotopic (exact) mass is 433 g/mol. The fourth-order valence-corrected chi connectivity index (χ4v) is 3.80. The van der Waals surface area contributed by atoms with E-state index in [9.17, 15) is 4.79 Å². The number of nitrogens with one attached hydrogen (secondary N) is 1. The molecule has 0 aliphatic carbocycles. The summed E-state index contributed by atoms with van der Waals surface area (Å²) in [7, 11) is 1.61. The van der Waals surface area contributed by atoms with Gasteiger partial charge < -0.3 is 19.4 Å². The van der Waals surface area contributed by atoms with Gasteiger partial charge in [-0.3, -0.25) is 4.79 Å². The van der Waals surface area contributed by atoms with Crippen LogP contribution in [0.15, 0.2) is 72.8 Å². The lowest BCUT2D eigenvalue weighted by Gasteiger charge is -2.12. The molecule has 0 saturated heterocycles. The van der Waals surface area contributed by atoms with Gasteiger partial charge in [-0.25, -0.2) is 4.98 Å². The van der Waals surface area contributed by atoms with Gasteiger partial charge in [0.2, 0.25) is 5.91 Å². The summed E-state index contributed by atoms with van der Waals surface area (Å²) >= 11 is 1.68. The molecule has 0 spiro atoms. The predicted molar refractivity (Wildman–Crippen MR) is 125 cm³/mol. The molecule has 158 valence electrons. The maximum atomic E-state index is 12.7. The second-order valence-corrected chi connectivity index (χ2v) is 7.73. The first-order chi connectivity index (χ1) is 15.2. The molecule has 0 aliphatic rings. The fraction of sp³-hybridized carbons (Fsp3) is 0.167. The fourth-order valence-electron chi connectivity index (χ4n) is 3.32. The van der Waals surface area contributed by atoms with Gasteiger partial charge in [0.15, 0.2) is 11.5 Å². The first-order valence-corrected chi connectivity index (χ1v) is 11.2. The lowest BCUT2D eigenvalue weighted by Crippen LogP contribution is -2.20. The van der Waals surface area contributed by atoms with Crippen LogP contribution in [0.4, 0.5) is 5.69 Å². The van der Waals surface area contributed by atoms with Crippen molar-refractivity contribution in [3.8, 4) is 17.2 Å². The third kappa shape index (κ3) is 4.83. The summed E-state index contributed by atoms with van der Waals surface area (Å²) in [5.41, 5.74) is 2.56. The molecule has 4 aromatic rings. The zero-order valence-corrected chi connectivity index (χ0v) is 18.2. The number of carbonyl (C=O) groups is 1. The molecule has 0 bridgehead atoms. The number of para-hydroxylation sites is 4. The van der Waals surface area contributed by atoms with Gasteiger partial charge in [-0.2, -0.15) is 11.8 Å². The average Bonchev–Trinajstić information content (AvgIpc) is 3.13. The number of rotatable bonds is 8. The van der Waals surface area contributed by atoms with Gasteiger partial charge in [0.1, 0.15) is 18.1 Å². The van der Waals surface area contributed by atoms with E-state index in [0.717, 1.165) is 22.6 Å². The SMILES string of the molecule is COc1ccccc1Oc1ccc(NC(=O)Cn2c(CSC)nc3ccccc32)cc1. The van der Waals surface area contributed by atoms with E-state index < -0.39 is 0 Å². The summed E-state index contributed by atoms with van der Waals surface area (Å²) in [5, 5.41) is 2.95. The maximum Gasteiger partial charge on any atom is 0.244 e. The minimum atomic E-state index is -0.107. The number of methoxy groups -OCH3 is 1. The Hall–Kier alpha value is -3.45. The summed E-state index contributed by atoms with van der Waals surface area (Å²) in [6.07, 6.45) is 2.03. The normalized spacial score (nSPS) is 10.8. The number of thioether (sulfide) groups is 1. The van der Waals surface area contributed by atoms with Gasteiger partial charge in [-0.05, 0) is 54.8 Å². The van der Waals surface area contributed by atoms with Crippen molar-refractivity contribution in [2.24, 2.45) is 0 Å². The van der Waals surface area contributed by atoms with Gasteiger partial charge in [0, 0.05) is 5.69 Å². The number of hydrogen-bond acceptors (Lipinski definition) is 5. The van der Waals surface area contributed by atoms with E-state index in [4.69, 9.17) is 9.47 Å². The molecule has 1 aromatic heterocycles. The van der Waals surface area contributed by atoms with E-state index in [1.165, 1.54) is 0 Å². The lowest BCUT2D eigenvalue weighted by atomic mass is 10.3. The summed E-state index contributed by atoms with van der Waals surface area (Å²) < 4.78 is 13.2. The first kappa shape index (κ1) is 20.8. The molecule has 0 unspecified atom stereocenters. The van der Waals surface area contributed by atoms with Crippen molar-refractivity contribution in [2.45, 2.75) is 12.3 Å². The number of fused-ring (bicyclic) bond motifs is 1. The van der Waals surface area contributed by atoms with Crippen molar-refractivity contribution in [1.82, 2.24) is 9.55 Å². The van der Waals surface area contributed by atoms with Crippen LogP contribution in [0.3, 0.4) is 0 Å². The van der Waals surface area contributed by atoms with Crippen molar-refractivity contribution < 1.29 is 14.3 Å². The summed E-state index contributed by atoms with van der Waals surface area (Å²) in [6, 6.07) is 22.6. The molecule has 0 radical (unpaired) electrons. The Kier molecular flexibility index (Phi) is 6.43. The highest BCUT2D eigenvalue weighted by atomic mass is 32.2. The number of ether oxygens (including phenoxy) is 2. The highest BCUT2D eigenvalue weighted by molar-refractivity contribution is 7.97. The lowest BCUT2D eigenvalue weighted by molar-refractivity contribution is -0.116. The molecule has 0 atom stereocenters. The zero-order valence-electron chi connectivity index (χ0n) is 17.4. The first-order valence-electron chi connectivity index (χ1n) is 9.82. The Bertz CT molecular complexity index is 1190. The Morgan fingerprint density at radius 1 is 1.00 bits per heavy atom. The molecule has 0 saturated carbocycles. The Balaban J connectivity index is 1.45. The average molecular weight is 434 g/mol. The Morgan fingerprint density at radius 2 is 1.71 bits per heavy atom. The Morgan fingerprint density at radius 3 is 2.45 bits per heavy atom. The molecule has 4 rings (SSSR count). The largest absolute Gasteiger partial charge is 0.493 e. The van der Waals surface area contributed by atoms with Crippen molar-refractivity contribution >= 4 is 34.4 Å². The van der Waals surface area contributed by atoms with Crippen LogP contribution in [0.5, 0.6) is 17.2 Å². The minimum absolute atomic E-state index is 0.107. The standard InChI is InChI=1S/C24H23N3O3S/c1-29-21-9-5-6-10-22(21)30-18-13-11-17(12-14-18)25-24(28)15-27-20-8-4-3-7-19(20)26-23(27)16-31-2/h3-14H,15-16H2,1-2H3,(H,25,28). The molecule has 1 amide bonds. The number of imidazole rings is 1. The number of aromatic nitrogens is 2. The van der Waals surface area contributed by atoms with Gasteiger partial charge >= 0.3 is 0 Å². The van der Waals surface area contributed by atoms with Crippen LogP contribution in [-0.2, 0) is 17.1 Å². The summed E-state index contributed by atoms with van der Waals surface area (Å²) in [5.74, 6) is 3.49. The predicted octanol–water partition coefficient (Wildman–Crippen LogP) is 5.34. The second kappa shape index (κ2) is 9.57. The topological polar surface area (TPSA) is 65.4 Å². The van der Waals surface area contributed by atoms with Gasteiger partial charge in [0.05, 0.1) is 23.9 Å². The van der Waals surface area contributed by atoms with Crippen molar-refractivity contribution in [1.29, 1.82) is 0 Å².